The molecule has 4 heteroatoms. The number of ether oxygens (including phenoxy) is 1. The summed E-state index contributed by atoms with van der Waals surface area (Å²) in [6, 6.07) is 9.65. The van der Waals surface area contributed by atoms with E-state index in [4.69, 9.17) is 4.74 Å². The Morgan fingerprint density at radius 1 is 1.47 bits per heavy atom. The van der Waals surface area contributed by atoms with E-state index in [0.717, 1.165) is 24.9 Å². The summed E-state index contributed by atoms with van der Waals surface area (Å²) in [4.78, 5) is 13.7. The van der Waals surface area contributed by atoms with E-state index in [9.17, 15) is 9.90 Å². The first-order valence-electron chi connectivity index (χ1n) is 6.80. The van der Waals surface area contributed by atoms with Gasteiger partial charge in [0, 0.05) is 19.0 Å². The molecule has 0 radical (unpaired) electrons. The van der Waals surface area contributed by atoms with Crippen LogP contribution >= 0.6 is 0 Å². The molecular formula is C15H21NO3. The highest BCUT2D eigenvalue weighted by Crippen LogP contribution is 2.20. The molecule has 0 spiro atoms. The first-order valence-corrected chi connectivity index (χ1v) is 6.80. The number of hydrogen-bond acceptors (Lipinski definition) is 3. The Hall–Kier alpha value is -1.55. The minimum atomic E-state index is -0.371. The van der Waals surface area contributed by atoms with Crippen molar-refractivity contribution in [3.63, 3.8) is 0 Å². The first kappa shape index (κ1) is 13.9. The quantitative estimate of drug-likeness (QED) is 0.911. The van der Waals surface area contributed by atoms with Crippen molar-refractivity contribution in [3.05, 3.63) is 35.9 Å². The number of aliphatic hydroxyl groups is 1. The van der Waals surface area contributed by atoms with E-state index >= 15 is 0 Å². The van der Waals surface area contributed by atoms with Crippen LogP contribution in [0.4, 0.5) is 4.79 Å². The third-order valence-corrected chi connectivity index (χ3v) is 3.60. The van der Waals surface area contributed by atoms with Crippen molar-refractivity contribution in [1.29, 1.82) is 0 Å². The standard InChI is InChI=1S/C15H21NO3/c1-12(17)14-8-5-9-16(10-14)15(18)19-11-13-6-3-2-4-7-13/h2-4,6-7,12,14,17H,5,8-11H2,1H3/t12-,14+/m1/s1. The lowest BCUT2D eigenvalue weighted by Gasteiger charge is -2.33. The summed E-state index contributed by atoms with van der Waals surface area (Å²) < 4.78 is 5.30. The Morgan fingerprint density at radius 3 is 2.89 bits per heavy atom. The molecule has 2 atom stereocenters. The molecule has 1 N–H and O–H groups in total. The van der Waals surface area contributed by atoms with Crippen LogP contribution in [-0.2, 0) is 11.3 Å². The Balaban J connectivity index is 1.83. The molecule has 1 aliphatic heterocycles. The number of amides is 1. The number of likely N-dealkylation sites (tertiary alicyclic amines) is 1. The maximum absolute atomic E-state index is 12.0. The zero-order valence-corrected chi connectivity index (χ0v) is 11.3. The number of hydrogen-bond donors (Lipinski definition) is 1. The lowest BCUT2D eigenvalue weighted by molar-refractivity contribution is 0.0450. The highest BCUT2D eigenvalue weighted by Gasteiger charge is 2.27. The zero-order valence-electron chi connectivity index (χ0n) is 11.3. The minimum absolute atomic E-state index is 0.165. The van der Waals surface area contributed by atoms with E-state index < -0.39 is 0 Å². The van der Waals surface area contributed by atoms with Crippen molar-refractivity contribution in [3.8, 4) is 0 Å². The summed E-state index contributed by atoms with van der Waals surface area (Å²) in [6.45, 7) is 3.39. The maximum atomic E-state index is 12.0. The molecule has 19 heavy (non-hydrogen) atoms. The molecular weight excluding hydrogens is 242 g/mol. The second-order valence-corrected chi connectivity index (χ2v) is 5.13. The molecule has 0 aliphatic carbocycles. The molecule has 1 aromatic carbocycles. The summed E-state index contributed by atoms with van der Waals surface area (Å²) in [5.74, 6) is 0.165. The van der Waals surface area contributed by atoms with Crippen LogP contribution in [0.1, 0.15) is 25.3 Å². The Labute approximate surface area is 114 Å². The van der Waals surface area contributed by atoms with Gasteiger partial charge in [0.2, 0.25) is 0 Å². The van der Waals surface area contributed by atoms with Crippen molar-refractivity contribution in [2.45, 2.75) is 32.5 Å². The summed E-state index contributed by atoms with van der Waals surface area (Å²) in [6.07, 6.45) is 1.25. The Morgan fingerprint density at radius 2 is 2.21 bits per heavy atom. The van der Waals surface area contributed by atoms with Gasteiger partial charge in [-0.1, -0.05) is 30.3 Å². The number of benzene rings is 1. The highest BCUT2D eigenvalue weighted by molar-refractivity contribution is 5.67. The van der Waals surface area contributed by atoms with Crippen molar-refractivity contribution in [2.24, 2.45) is 5.92 Å². The van der Waals surface area contributed by atoms with E-state index in [2.05, 4.69) is 0 Å². The number of rotatable bonds is 3. The fraction of sp³-hybridized carbons (Fsp3) is 0.533. The van der Waals surface area contributed by atoms with Crippen LogP contribution in [-0.4, -0.2) is 35.3 Å². The first-order chi connectivity index (χ1) is 9.16. The van der Waals surface area contributed by atoms with Gasteiger partial charge in [-0.25, -0.2) is 4.79 Å². The van der Waals surface area contributed by atoms with Crippen LogP contribution in [0.15, 0.2) is 30.3 Å². The fourth-order valence-electron chi connectivity index (χ4n) is 2.38. The number of aliphatic hydroxyl groups excluding tert-OH is 1. The van der Waals surface area contributed by atoms with E-state index in [0.29, 0.717) is 13.2 Å². The van der Waals surface area contributed by atoms with Gasteiger partial charge in [-0.2, -0.15) is 0 Å². The molecule has 1 saturated heterocycles. The number of piperidine rings is 1. The van der Waals surface area contributed by atoms with Gasteiger partial charge in [-0.05, 0) is 25.3 Å². The molecule has 0 unspecified atom stereocenters. The van der Waals surface area contributed by atoms with Crippen molar-refractivity contribution in [2.75, 3.05) is 13.1 Å². The largest absolute Gasteiger partial charge is 0.445 e. The third kappa shape index (κ3) is 3.96. The average Bonchev–Trinajstić information content (AvgIpc) is 2.46. The second-order valence-electron chi connectivity index (χ2n) is 5.13. The Bertz CT molecular complexity index is 405. The Kier molecular flexibility index (Phi) is 4.80. The van der Waals surface area contributed by atoms with E-state index in [-0.39, 0.29) is 18.1 Å². The summed E-state index contributed by atoms with van der Waals surface area (Å²) >= 11 is 0. The van der Waals surface area contributed by atoms with Crippen LogP contribution in [0.25, 0.3) is 0 Å². The summed E-state index contributed by atoms with van der Waals surface area (Å²) in [7, 11) is 0. The molecule has 0 aromatic heterocycles. The lowest BCUT2D eigenvalue weighted by atomic mass is 9.94. The molecule has 104 valence electrons. The van der Waals surface area contributed by atoms with Gasteiger partial charge < -0.3 is 14.7 Å². The lowest BCUT2D eigenvalue weighted by Crippen LogP contribution is -2.43. The molecule has 1 heterocycles. The topological polar surface area (TPSA) is 49.8 Å². The minimum Gasteiger partial charge on any atom is -0.445 e. The van der Waals surface area contributed by atoms with Gasteiger partial charge in [0.1, 0.15) is 6.61 Å². The zero-order chi connectivity index (χ0) is 13.7. The molecule has 1 amide bonds. The predicted molar refractivity (Wildman–Crippen MR) is 72.6 cm³/mol. The highest BCUT2D eigenvalue weighted by atomic mass is 16.6. The van der Waals surface area contributed by atoms with Crippen LogP contribution in [0.5, 0.6) is 0 Å². The molecule has 2 rings (SSSR count). The second kappa shape index (κ2) is 6.57. The fourth-order valence-corrected chi connectivity index (χ4v) is 2.38. The van der Waals surface area contributed by atoms with Gasteiger partial charge in [0.15, 0.2) is 0 Å². The molecule has 1 aromatic rings. The summed E-state index contributed by atoms with van der Waals surface area (Å²) in [5.41, 5.74) is 0.986. The van der Waals surface area contributed by atoms with Gasteiger partial charge >= 0.3 is 6.09 Å². The van der Waals surface area contributed by atoms with Crippen molar-refractivity contribution >= 4 is 6.09 Å². The number of carbonyl (C=O) groups excluding carboxylic acids is 1. The van der Waals surface area contributed by atoms with E-state index in [1.54, 1.807) is 11.8 Å². The number of nitrogens with zero attached hydrogens (tertiary/aromatic N) is 1. The maximum Gasteiger partial charge on any atom is 0.410 e. The van der Waals surface area contributed by atoms with Gasteiger partial charge in [0.05, 0.1) is 6.10 Å². The SMILES string of the molecule is C[C@@H](O)[C@H]1CCCN(C(=O)OCc2ccccc2)C1. The molecule has 1 fully saturated rings. The molecule has 0 bridgehead atoms. The van der Waals surface area contributed by atoms with Crippen LogP contribution in [0.2, 0.25) is 0 Å². The van der Waals surface area contributed by atoms with E-state index in [1.807, 2.05) is 30.3 Å². The van der Waals surface area contributed by atoms with Crippen LogP contribution < -0.4 is 0 Å². The number of carbonyl (C=O) groups is 1. The molecule has 4 nitrogen and oxygen atoms in total. The average molecular weight is 263 g/mol. The van der Waals surface area contributed by atoms with Gasteiger partial charge in [-0.3, -0.25) is 0 Å². The van der Waals surface area contributed by atoms with Crippen LogP contribution in [0.3, 0.4) is 0 Å². The monoisotopic (exact) mass is 263 g/mol. The van der Waals surface area contributed by atoms with Gasteiger partial charge in [-0.15, -0.1) is 0 Å². The van der Waals surface area contributed by atoms with Crippen molar-refractivity contribution in [1.82, 2.24) is 4.90 Å². The predicted octanol–water partition coefficient (Wildman–Crippen LogP) is 2.42. The molecule has 1 aliphatic rings. The van der Waals surface area contributed by atoms with Crippen LogP contribution in [0, 0.1) is 5.92 Å². The smallest absolute Gasteiger partial charge is 0.410 e. The van der Waals surface area contributed by atoms with E-state index in [1.165, 1.54) is 0 Å². The molecule has 0 saturated carbocycles. The summed E-state index contributed by atoms with van der Waals surface area (Å²) in [5, 5.41) is 9.61. The van der Waals surface area contributed by atoms with Gasteiger partial charge in [0.25, 0.3) is 0 Å². The normalized spacial score (nSPS) is 20.9. The van der Waals surface area contributed by atoms with Crippen molar-refractivity contribution < 1.29 is 14.6 Å². The third-order valence-electron chi connectivity index (χ3n) is 3.60.